The molecule has 2 rings (SSSR count). The summed E-state index contributed by atoms with van der Waals surface area (Å²) in [7, 11) is 0. The van der Waals surface area contributed by atoms with Gasteiger partial charge in [-0.1, -0.05) is 76.8 Å². The van der Waals surface area contributed by atoms with Gasteiger partial charge in [0, 0.05) is 19.4 Å². The number of ketones is 1. The van der Waals surface area contributed by atoms with Crippen molar-refractivity contribution < 1.29 is 63.3 Å². The fraction of sp³-hybridized carbons (Fsp3) is 0.619. The molecule has 0 radical (unpaired) electrons. The van der Waals surface area contributed by atoms with E-state index in [0.29, 0.717) is 12.0 Å². The molecule has 0 spiro atoms. The molecule has 0 saturated carbocycles. The summed E-state index contributed by atoms with van der Waals surface area (Å²) >= 11 is 0. The zero-order valence-electron chi connectivity index (χ0n) is 36.7. The number of benzene rings is 1. The fourth-order valence-electron chi connectivity index (χ4n) is 6.93. The van der Waals surface area contributed by atoms with Gasteiger partial charge in [0.2, 0.25) is 53.2 Å². The van der Waals surface area contributed by atoms with Crippen LogP contribution in [0.2, 0.25) is 0 Å². The molecule has 7 atom stereocenters. The van der Waals surface area contributed by atoms with Gasteiger partial charge in [0.1, 0.15) is 36.0 Å². The summed E-state index contributed by atoms with van der Waals surface area (Å²) in [5, 5.41) is 46.8. The summed E-state index contributed by atoms with van der Waals surface area (Å²) in [5.41, 5.74) is 16.5. The Hall–Kier alpha value is -6.20. The average molecular weight is 919 g/mol. The maximum atomic E-state index is 13.9. The smallest absolute Gasteiger partial charge is 0.245 e. The van der Waals surface area contributed by atoms with Crippen molar-refractivity contribution in [1.29, 1.82) is 0 Å². The number of primary amides is 3. The Morgan fingerprint density at radius 2 is 1.02 bits per heavy atom. The second kappa shape index (κ2) is 29.3. The number of nitrogens with two attached hydrogens (primary N) is 3. The number of aliphatic hydroxyl groups is 2. The number of carbonyl (C=O) groups excluding carboxylic acids is 10. The van der Waals surface area contributed by atoms with Gasteiger partial charge < -0.3 is 64.4 Å². The molecule has 0 bridgehead atoms. The van der Waals surface area contributed by atoms with E-state index in [1.807, 2.05) is 0 Å². The zero-order valence-corrected chi connectivity index (χ0v) is 36.7. The molecule has 23 nitrogen and oxygen atoms in total. The van der Waals surface area contributed by atoms with Crippen LogP contribution in [0, 0.1) is 0 Å². The molecule has 1 heterocycles. The summed E-state index contributed by atoms with van der Waals surface area (Å²) in [4.78, 5) is 132. The minimum absolute atomic E-state index is 0.134. The van der Waals surface area contributed by atoms with Crippen LogP contribution in [0.25, 0.3) is 0 Å². The van der Waals surface area contributed by atoms with E-state index < -0.39 is 140 Å². The second-order valence-electron chi connectivity index (χ2n) is 16.0. The minimum Gasteiger partial charge on any atom is -0.508 e. The van der Waals surface area contributed by atoms with Crippen molar-refractivity contribution in [3.8, 4) is 5.75 Å². The number of rotatable bonds is 22. The lowest BCUT2D eigenvalue weighted by molar-refractivity contribution is -0.137. The van der Waals surface area contributed by atoms with Gasteiger partial charge in [0.05, 0.1) is 44.6 Å². The average Bonchev–Trinajstić information content (AvgIpc) is 3.24. The summed E-state index contributed by atoms with van der Waals surface area (Å²) in [6, 6.07) is -7.07. The van der Waals surface area contributed by atoms with Crippen LogP contribution in [0.15, 0.2) is 24.3 Å². The van der Waals surface area contributed by atoms with Crippen molar-refractivity contribution in [2.45, 2.75) is 146 Å². The standard InChI is InChI=1S/C42H66N10O13/c1-2-3-4-5-6-7-8-9-10-11-16-46-38(61)30-21-36(59)48-32(23-54)42(65)49-27(17-24-12-14-25(55)15-13-24)39(62)50-28(19-34(44)57)40(63)51-29(20-35(45)58)41(64)52-31(22-53)37(60)26(47-30)18-33(43)56/h12-15,26-32,47,53-55H,2-11,16-23H2,1H3,(H2,43,56)(H2,44,57)(H2,45,58)(H,46,61)(H,48,59)(H,49,65)(H,50,62)(H,51,63)(H,52,64)/t26-,27+,28+,29-,30-,31-,32+/m0/s1. The lowest BCUT2D eigenvalue weighted by Gasteiger charge is -2.29. The molecule has 9 amide bonds. The van der Waals surface area contributed by atoms with Crippen LogP contribution >= 0.6 is 0 Å². The first-order valence-electron chi connectivity index (χ1n) is 21.8. The van der Waals surface area contributed by atoms with Gasteiger partial charge in [-0.25, -0.2) is 0 Å². The van der Waals surface area contributed by atoms with Crippen LogP contribution in [0.1, 0.15) is 102 Å². The van der Waals surface area contributed by atoms with Gasteiger partial charge in [-0.2, -0.15) is 0 Å². The van der Waals surface area contributed by atoms with Crippen molar-refractivity contribution in [1.82, 2.24) is 37.2 Å². The zero-order chi connectivity index (χ0) is 48.5. The van der Waals surface area contributed by atoms with Crippen molar-refractivity contribution >= 4 is 58.9 Å². The Balaban J connectivity index is 2.56. The Bertz CT molecular complexity index is 1800. The number of aromatic hydroxyl groups is 1. The molecule has 1 aromatic rings. The first-order valence-corrected chi connectivity index (χ1v) is 21.8. The summed E-state index contributed by atoms with van der Waals surface area (Å²) in [6.07, 6.45) is 6.44. The number of amides is 9. The van der Waals surface area contributed by atoms with Gasteiger partial charge in [0.15, 0.2) is 5.78 Å². The molecule has 16 N–H and O–H groups in total. The van der Waals surface area contributed by atoms with E-state index in [2.05, 4.69) is 44.1 Å². The Morgan fingerprint density at radius 3 is 1.51 bits per heavy atom. The van der Waals surface area contributed by atoms with Gasteiger partial charge in [-0.15, -0.1) is 0 Å². The number of Topliss-reactive ketones (excluding diaryl/α,β-unsaturated/α-hetero) is 1. The molecule has 23 heteroatoms. The van der Waals surface area contributed by atoms with Crippen molar-refractivity contribution in [2.75, 3.05) is 19.8 Å². The topological polar surface area (TPSA) is 394 Å². The highest BCUT2D eigenvalue weighted by Crippen LogP contribution is 2.14. The Morgan fingerprint density at radius 1 is 0.585 bits per heavy atom. The van der Waals surface area contributed by atoms with Crippen LogP contribution < -0.4 is 54.4 Å². The van der Waals surface area contributed by atoms with Crippen molar-refractivity contribution in [3.63, 3.8) is 0 Å². The molecule has 1 aromatic carbocycles. The van der Waals surface area contributed by atoms with E-state index in [9.17, 15) is 63.3 Å². The molecule has 362 valence electrons. The maximum absolute atomic E-state index is 13.9. The third-order valence-corrected chi connectivity index (χ3v) is 10.4. The normalized spacial score (nSPS) is 22.9. The van der Waals surface area contributed by atoms with E-state index >= 15 is 0 Å². The Labute approximate surface area is 376 Å². The quantitative estimate of drug-likeness (QED) is 0.0499. The highest BCUT2D eigenvalue weighted by Gasteiger charge is 2.37. The summed E-state index contributed by atoms with van der Waals surface area (Å²) in [5.74, 6) is -11.3. The third-order valence-electron chi connectivity index (χ3n) is 10.4. The van der Waals surface area contributed by atoms with Crippen LogP contribution in [-0.4, -0.2) is 136 Å². The lowest BCUT2D eigenvalue weighted by atomic mass is 9.99. The molecular weight excluding hydrogens is 853 g/mol. The first kappa shape index (κ1) is 54.9. The van der Waals surface area contributed by atoms with Gasteiger partial charge in [0.25, 0.3) is 0 Å². The number of hydrogen-bond donors (Lipinski definition) is 13. The van der Waals surface area contributed by atoms with E-state index in [1.54, 1.807) is 0 Å². The molecule has 0 aliphatic carbocycles. The second-order valence-corrected chi connectivity index (χ2v) is 16.0. The monoisotopic (exact) mass is 918 g/mol. The SMILES string of the molecule is CCCCCCCCCCCCNC(=O)[C@@H]1CC(=O)N[C@H](CO)C(=O)N[C@H](Cc2ccc(O)cc2)C(=O)N[C@H](CC(N)=O)C(=O)N[C@@H](CC(N)=O)C(=O)N[C@@H](CO)C(=O)[C@H](CC(N)=O)N1. The number of hydrogen-bond acceptors (Lipinski definition) is 14. The van der Waals surface area contributed by atoms with E-state index in [-0.39, 0.29) is 18.7 Å². The number of phenolic OH excluding ortho intramolecular Hbond substituents is 1. The van der Waals surface area contributed by atoms with Crippen LogP contribution in [0.4, 0.5) is 0 Å². The first-order chi connectivity index (χ1) is 30.9. The summed E-state index contributed by atoms with van der Waals surface area (Å²) < 4.78 is 0. The number of unbranched alkanes of at least 4 members (excludes halogenated alkanes) is 9. The number of aliphatic hydroxyl groups excluding tert-OH is 2. The fourth-order valence-corrected chi connectivity index (χ4v) is 6.93. The molecule has 1 aliphatic heterocycles. The van der Waals surface area contributed by atoms with E-state index in [1.165, 1.54) is 43.5 Å². The molecule has 0 aromatic heterocycles. The van der Waals surface area contributed by atoms with E-state index in [4.69, 9.17) is 17.2 Å². The van der Waals surface area contributed by atoms with Crippen LogP contribution in [-0.2, 0) is 54.4 Å². The van der Waals surface area contributed by atoms with E-state index in [0.717, 1.165) is 38.5 Å². The highest BCUT2D eigenvalue weighted by atomic mass is 16.3. The predicted octanol–water partition coefficient (Wildman–Crippen LogP) is -3.69. The maximum Gasteiger partial charge on any atom is 0.245 e. The molecule has 1 aliphatic rings. The van der Waals surface area contributed by atoms with Crippen molar-refractivity contribution in [3.05, 3.63) is 29.8 Å². The highest BCUT2D eigenvalue weighted by molar-refractivity contribution is 6.01. The molecule has 1 fully saturated rings. The number of phenols is 1. The lowest BCUT2D eigenvalue weighted by Crippen LogP contribution is -2.62. The Kier molecular flexibility index (Phi) is 24.7. The minimum atomic E-state index is -1.91. The summed E-state index contributed by atoms with van der Waals surface area (Å²) in [6.45, 7) is 0.130. The van der Waals surface area contributed by atoms with Crippen molar-refractivity contribution in [2.24, 2.45) is 17.2 Å². The molecular formula is C42H66N10O13. The molecule has 1 saturated heterocycles. The van der Waals surface area contributed by atoms with Crippen LogP contribution in [0.5, 0.6) is 5.75 Å². The van der Waals surface area contributed by atoms with Gasteiger partial charge in [-0.05, 0) is 24.1 Å². The predicted molar refractivity (Wildman–Crippen MR) is 232 cm³/mol. The van der Waals surface area contributed by atoms with Gasteiger partial charge in [-0.3, -0.25) is 53.3 Å². The third kappa shape index (κ3) is 20.9. The van der Waals surface area contributed by atoms with Crippen LogP contribution in [0.3, 0.4) is 0 Å². The van der Waals surface area contributed by atoms with Gasteiger partial charge >= 0.3 is 0 Å². The number of carbonyl (C=O) groups is 10. The molecule has 65 heavy (non-hydrogen) atoms. The number of nitrogens with one attached hydrogen (secondary N) is 7. The largest absolute Gasteiger partial charge is 0.508 e. The molecule has 0 unspecified atom stereocenters.